The van der Waals surface area contributed by atoms with Crippen molar-refractivity contribution >= 4 is 11.5 Å². The van der Waals surface area contributed by atoms with Gasteiger partial charge in [0, 0.05) is 6.54 Å². The molecule has 0 aliphatic heterocycles. The van der Waals surface area contributed by atoms with Crippen LogP contribution in [0.2, 0.25) is 0 Å². The first-order valence-electron chi connectivity index (χ1n) is 3.95. The lowest BCUT2D eigenvalue weighted by Crippen LogP contribution is -2.03. The van der Waals surface area contributed by atoms with Gasteiger partial charge in [-0.05, 0) is 34.3 Å². The van der Waals surface area contributed by atoms with E-state index < -0.39 is 4.92 Å². The van der Waals surface area contributed by atoms with Gasteiger partial charge in [-0.3, -0.25) is 0 Å². The summed E-state index contributed by atoms with van der Waals surface area (Å²) in [7, 11) is 0. The summed E-state index contributed by atoms with van der Waals surface area (Å²) in [6, 6.07) is 3.22. The summed E-state index contributed by atoms with van der Waals surface area (Å²) < 4.78 is 0. The Labute approximate surface area is 80.6 Å². The summed E-state index contributed by atoms with van der Waals surface area (Å²) in [5.41, 5.74) is 5.51. The maximum Gasteiger partial charge on any atom is 0.386 e. The highest BCUT2D eigenvalue weighted by Gasteiger charge is 2.12. The molecule has 0 aromatic carbocycles. The van der Waals surface area contributed by atoms with Crippen molar-refractivity contribution in [1.82, 2.24) is 4.98 Å². The number of nitrogens with two attached hydrogens (primary N) is 1. The molecule has 6 heteroatoms. The van der Waals surface area contributed by atoms with E-state index in [-0.39, 0.29) is 5.82 Å². The lowest BCUT2D eigenvalue weighted by Gasteiger charge is -2.02. The van der Waals surface area contributed by atoms with Crippen molar-refractivity contribution in [1.29, 1.82) is 0 Å². The minimum Gasteiger partial charge on any atom is -0.405 e. The van der Waals surface area contributed by atoms with Crippen LogP contribution >= 0.6 is 0 Å². The second kappa shape index (κ2) is 4.80. The van der Waals surface area contributed by atoms with Gasteiger partial charge in [0.15, 0.2) is 0 Å². The van der Waals surface area contributed by atoms with Crippen LogP contribution in [0.15, 0.2) is 30.6 Å². The van der Waals surface area contributed by atoms with E-state index in [1.165, 1.54) is 12.4 Å². The van der Waals surface area contributed by atoms with E-state index in [0.29, 0.717) is 12.2 Å². The Balaban J connectivity index is 2.79. The molecule has 3 N–H and O–H groups in total. The second-order valence-corrected chi connectivity index (χ2v) is 2.44. The molecule has 6 nitrogen and oxygen atoms in total. The van der Waals surface area contributed by atoms with Crippen LogP contribution in [-0.2, 0) is 0 Å². The quantitative estimate of drug-likeness (QED) is 0.548. The van der Waals surface area contributed by atoms with Crippen LogP contribution in [0.25, 0.3) is 0 Å². The molecular formula is C8H10N4O2. The lowest BCUT2D eigenvalue weighted by molar-refractivity contribution is -0.388. The second-order valence-electron chi connectivity index (χ2n) is 2.44. The zero-order chi connectivity index (χ0) is 10.4. The fraction of sp³-hybridized carbons (Fsp3) is 0.125. The van der Waals surface area contributed by atoms with Gasteiger partial charge in [-0.2, -0.15) is 0 Å². The number of nitrogens with zero attached hydrogens (tertiary/aromatic N) is 2. The number of aromatic nitrogens is 1. The monoisotopic (exact) mass is 194 g/mol. The standard InChI is InChI=1S/C8H10N4O2/c9-4-2-6-10-7-3-1-5-11-8(7)12(13)14/h1-5,10H,6,9H2. The SMILES string of the molecule is NC=CCNc1cccnc1[N+](=O)[O-]. The minimum absolute atomic E-state index is 0.182. The molecule has 0 atom stereocenters. The number of hydrogen-bond donors (Lipinski definition) is 2. The highest BCUT2D eigenvalue weighted by Crippen LogP contribution is 2.19. The van der Waals surface area contributed by atoms with Crippen molar-refractivity contribution in [3.05, 3.63) is 40.7 Å². The third-order valence-electron chi connectivity index (χ3n) is 1.51. The first kappa shape index (κ1) is 9.97. The van der Waals surface area contributed by atoms with E-state index >= 15 is 0 Å². The molecule has 1 aromatic heterocycles. The van der Waals surface area contributed by atoms with E-state index in [9.17, 15) is 10.1 Å². The molecular weight excluding hydrogens is 184 g/mol. The van der Waals surface area contributed by atoms with Crippen LogP contribution < -0.4 is 11.1 Å². The van der Waals surface area contributed by atoms with Gasteiger partial charge in [-0.1, -0.05) is 0 Å². The Morgan fingerprint density at radius 3 is 3.14 bits per heavy atom. The molecule has 0 fully saturated rings. The Kier molecular flexibility index (Phi) is 3.42. The molecule has 74 valence electrons. The first-order chi connectivity index (χ1) is 6.75. The van der Waals surface area contributed by atoms with Crippen LogP contribution in [0.4, 0.5) is 11.5 Å². The van der Waals surface area contributed by atoms with Crippen molar-refractivity contribution in [2.45, 2.75) is 0 Å². The summed E-state index contributed by atoms with van der Waals surface area (Å²) in [6.07, 6.45) is 4.40. The van der Waals surface area contributed by atoms with Gasteiger partial charge in [0.05, 0.1) is 0 Å². The lowest BCUT2D eigenvalue weighted by atomic mass is 10.4. The van der Waals surface area contributed by atoms with E-state index in [0.717, 1.165) is 0 Å². The zero-order valence-electron chi connectivity index (χ0n) is 7.38. The maximum atomic E-state index is 10.5. The molecule has 14 heavy (non-hydrogen) atoms. The molecule has 0 bridgehead atoms. The van der Waals surface area contributed by atoms with Crippen LogP contribution in [0.1, 0.15) is 0 Å². The van der Waals surface area contributed by atoms with Crippen molar-refractivity contribution in [3.8, 4) is 0 Å². The van der Waals surface area contributed by atoms with Crippen molar-refractivity contribution in [2.24, 2.45) is 5.73 Å². The number of pyridine rings is 1. The molecule has 1 aromatic rings. The Hall–Kier alpha value is -2.11. The average Bonchev–Trinajstić information content (AvgIpc) is 2.19. The number of anilines is 1. The smallest absolute Gasteiger partial charge is 0.386 e. The molecule has 0 aliphatic carbocycles. The zero-order valence-corrected chi connectivity index (χ0v) is 7.38. The van der Waals surface area contributed by atoms with Crippen molar-refractivity contribution in [2.75, 3.05) is 11.9 Å². The number of rotatable bonds is 4. The van der Waals surface area contributed by atoms with Crippen LogP contribution in [0.5, 0.6) is 0 Å². The molecule has 0 saturated carbocycles. The fourth-order valence-corrected chi connectivity index (χ4v) is 0.917. The third-order valence-corrected chi connectivity index (χ3v) is 1.51. The molecule has 0 amide bonds. The summed E-state index contributed by atoms with van der Waals surface area (Å²) in [5, 5.41) is 13.3. The molecule has 1 rings (SSSR count). The predicted molar refractivity (Wildman–Crippen MR) is 52.7 cm³/mol. The van der Waals surface area contributed by atoms with Gasteiger partial charge in [-0.15, -0.1) is 0 Å². The van der Waals surface area contributed by atoms with Gasteiger partial charge >= 0.3 is 5.82 Å². The first-order valence-corrected chi connectivity index (χ1v) is 3.95. The predicted octanol–water partition coefficient (Wildman–Crippen LogP) is 0.874. The largest absolute Gasteiger partial charge is 0.405 e. The summed E-state index contributed by atoms with van der Waals surface area (Å²) in [4.78, 5) is 13.6. The molecule has 0 spiro atoms. The van der Waals surface area contributed by atoms with Crippen molar-refractivity contribution in [3.63, 3.8) is 0 Å². The fourth-order valence-electron chi connectivity index (χ4n) is 0.917. The van der Waals surface area contributed by atoms with Crippen LogP contribution in [0, 0.1) is 10.1 Å². The molecule has 0 saturated heterocycles. The van der Waals surface area contributed by atoms with E-state index in [4.69, 9.17) is 5.73 Å². The van der Waals surface area contributed by atoms with Gasteiger partial charge in [0.1, 0.15) is 11.9 Å². The maximum absolute atomic E-state index is 10.5. The Morgan fingerprint density at radius 1 is 1.71 bits per heavy atom. The topological polar surface area (TPSA) is 94.1 Å². The normalized spacial score (nSPS) is 10.3. The molecule has 1 heterocycles. The number of hydrogen-bond acceptors (Lipinski definition) is 5. The summed E-state index contributed by atoms with van der Waals surface area (Å²) >= 11 is 0. The summed E-state index contributed by atoms with van der Waals surface area (Å²) in [5.74, 6) is -0.182. The average molecular weight is 194 g/mol. The highest BCUT2D eigenvalue weighted by atomic mass is 16.6. The number of nitro groups is 1. The third kappa shape index (κ3) is 2.44. The Morgan fingerprint density at radius 2 is 2.50 bits per heavy atom. The van der Waals surface area contributed by atoms with E-state index in [1.807, 2.05) is 0 Å². The summed E-state index contributed by atoms with van der Waals surface area (Å²) in [6.45, 7) is 0.434. The Bertz CT molecular complexity index is 351. The van der Waals surface area contributed by atoms with Crippen LogP contribution in [-0.4, -0.2) is 16.5 Å². The number of nitrogens with one attached hydrogen (secondary N) is 1. The van der Waals surface area contributed by atoms with Gasteiger partial charge in [-0.25, -0.2) is 0 Å². The molecule has 0 unspecified atom stereocenters. The minimum atomic E-state index is -0.533. The molecule has 0 aliphatic rings. The molecule has 0 radical (unpaired) electrons. The van der Waals surface area contributed by atoms with Gasteiger partial charge < -0.3 is 21.2 Å². The van der Waals surface area contributed by atoms with E-state index in [1.54, 1.807) is 18.2 Å². The van der Waals surface area contributed by atoms with Crippen LogP contribution in [0.3, 0.4) is 0 Å². The van der Waals surface area contributed by atoms with Crippen molar-refractivity contribution < 1.29 is 4.92 Å². The van der Waals surface area contributed by atoms with Gasteiger partial charge in [0.25, 0.3) is 0 Å². The van der Waals surface area contributed by atoms with E-state index in [2.05, 4.69) is 10.3 Å². The highest BCUT2D eigenvalue weighted by molar-refractivity contribution is 5.56. The van der Waals surface area contributed by atoms with Gasteiger partial charge in [0.2, 0.25) is 0 Å².